The first-order chi connectivity index (χ1) is 10.9. The lowest BCUT2D eigenvalue weighted by Crippen LogP contribution is -2.41. The number of carbonyl (C=O) groups is 3. The maximum absolute atomic E-state index is 11.3. The van der Waals surface area contributed by atoms with Gasteiger partial charge in [-0.2, -0.15) is 0 Å². The number of hydrogen-bond donors (Lipinski definition) is 0. The maximum Gasteiger partial charge on any atom is 0.305 e. The molecule has 0 saturated heterocycles. The normalized spacial score (nSPS) is 23.2. The Kier molecular flexibility index (Phi) is 8.32. The summed E-state index contributed by atoms with van der Waals surface area (Å²) in [6, 6.07) is 0. The first kappa shape index (κ1) is 19.2. The molecule has 0 aromatic carbocycles. The Hall–Kier alpha value is -1.89. The van der Waals surface area contributed by atoms with Crippen LogP contribution in [0.4, 0.5) is 0 Å². The van der Waals surface area contributed by atoms with E-state index < -0.39 is 24.1 Å². The van der Waals surface area contributed by atoms with Crippen LogP contribution in [0.2, 0.25) is 0 Å². The van der Waals surface area contributed by atoms with Crippen LogP contribution in [0.3, 0.4) is 0 Å². The van der Waals surface area contributed by atoms with E-state index in [-0.39, 0.29) is 18.7 Å². The lowest BCUT2D eigenvalue weighted by atomic mass is 10.0. The molecule has 1 unspecified atom stereocenters. The SMILES string of the molecule is CCOC(=O)CCCC1C=C[C@H](OC(C)=O)[C@@H](COC(C)=O)O1. The molecule has 0 radical (unpaired) electrons. The quantitative estimate of drug-likeness (QED) is 0.379. The largest absolute Gasteiger partial charge is 0.466 e. The van der Waals surface area contributed by atoms with E-state index in [1.165, 1.54) is 13.8 Å². The van der Waals surface area contributed by atoms with E-state index in [2.05, 4.69) is 0 Å². The monoisotopic (exact) mass is 328 g/mol. The van der Waals surface area contributed by atoms with Crippen LogP contribution in [-0.4, -0.2) is 49.4 Å². The van der Waals surface area contributed by atoms with Gasteiger partial charge in [-0.3, -0.25) is 14.4 Å². The third kappa shape index (κ3) is 7.78. The van der Waals surface area contributed by atoms with Crippen molar-refractivity contribution in [2.75, 3.05) is 13.2 Å². The average Bonchev–Trinajstić information content (AvgIpc) is 2.46. The van der Waals surface area contributed by atoms with E-state index in [0.717, 1.165) is 0 Å². The fourth-order valence-electron chi connectivity index (χ4n) is 2.19. The minimum atomic E-state index is -0.590. The highest BCUT2D eigenvalue weighted by molar-refractivity contribution is 5.69. The predicted octanol–water partition coefficient (Wildman–Crippen LogP) is 1.54. The lowest BCUT2D eigenvalue weighted by molar-refractivity contribution is -0.164. The number of esters is 3. The van der Waals surface area contributed by atoms with Gasteiger partial charge < -0.3 is 18.9 Å². The van der Waals surface area contributed by atoms with Gasteiger partial charge >= 0.3 is 17.9 Å². The molecule has 0 aliphatic carbocycles. The van der Waals surface area contributed by atoms with E-state index in [1.807, 2.05) is 0 Å². The van der Waals surface area contributed by atoms with Gasteiger partial charge in [0, 0.05) is 20.3 Å². The number of ether oxygens (including phenoxy) is 4. The smallest absolute Gasteiger partial charge is 0.305 e. The molecule has 1 heterocycles. The zero-order valence-electron chi connectivity index (χ0n) is 13.8. The Morgan fingerprint density at radius 2 is 1.83 bits per heavy atom. The van der Waals surface area contributed by atoms with Crippen LogP contribution < -0.4 is 0 Å². The van der Waals surface area contributed by atoms with E-state index in [9.17, 15) is 14.4 Å². The number of rotatable bonds is 8. The van der Waals surface area contributed by atoms with Crippen molar-refractivity contribution in [1.82, 2.24) is 0 Å². The highest BCUT2D eigenvalue weighted by Gasteiger charge is 2.30. The second-order valence-electron chi connectivity index (χ2n) is 5.17. The van der Waals surface area contributed by atoms with Crippen LogP contribution in [0.25, 0.3) is 0 Å². The Balaban J connectivity index is 2.51. The summed E-state index contributed by atoms with van der Waals surface area (Å²) in [7, 11) is 0. The lowest BCUT2D eigenvalue weighted by Gasteiger charge is -2.31. The van der Waals surface area contributed by atoms with Crippen molar-refractivity contribution in [3.63, 3.8) is 0 Å². The third-order valence-corrected chi connectivity index (χ3v) is 3.16. The van der Waals surface area contributed by atoms with Gasteiger partial charge in [-0.1, -0.05) is 6.08 Å². The van der Waals surface area contributed by atoms with Crippen molar-refractivity contribution in [3.8, 4) is 0 Å². The summed E-state index contributed by atoms with van der Waals surface area (Å²) in [5.41, 5.74) is 0. The van der Waals surface area contributed by atoms with Gasteiger partial charge in [-0.05, 0) is 25.8 Å². The van der Waals surface area contributed by atoms with Gasteiger partial charge in [0.25, 0.3) is 0 Å². The molecule has 1 rings (SSSR count). The van der Waals surface area contributed by atoms with Gasteiger partial charge in [-0.25, -0.2) is 0 Å². The zero-order chi connectivity index (χ0) is 17.2. The van der Waals surface area contributed by atoms with Crippen LogP contribution in [0.15, 0.2) is 12.2 Å². The van der Waals surface area contributed by atoms with Crippen molar-refractivity contribution < 1.29 is 33.3 Å². The molecule has 3 atom stereocenters. The Labute approximate surface area is 135 Å². The molecule has 0 amide bonds. The first-order valence-electron chi connectivity index (χ1n) is 7.72. The minimum Gasteiger partial charge on any atom is -0.466 e. The fourth-order valence-corrected chi connectivity index (χ4v) is 2.19. The summed E-state index contributed by atoms with van der Waals surface area (Å²) in [5.74, 6) is -1.10. The molecule has 0 spiro atoms. The molecule has 7 nitrogen and oxygen atoms in total. The molecule has 0 N–H and O–H groups in total. The molecule has 1 aliphatic rings. The summed E-state index contributed by atoms with van der Waals surface area (Å²) in [6.07, 6.45) is 3.72. The number of carbonyl (C=O) groups excluding carboxylic acids is 3. The Bertz CT molecular complexity index is 444. The summed E-state index contributed by atoms with van der Waals surface area (Å²) in [6.45, 7) is 4.75. The van der Waals surface area contributed by atoms with Gasteiger partial charge in [0.05, 0.1) is 12.7 Å². The molecule has 0 saturated carbocycles. The Morgan fingerprint density at radius 1 is 1.09 bits per heavy atom. The standard InChI is InChI=1S/C16H24O7/c1-4-20-16(19)7-5-6-13-8-9-14(22-12(3)18)15(23-13)10-21-11(2)17/h8-9,13-15H,4-7,10H2,1-3H3/t13?,14-,15+/m0/s1. The summed E-state index contributed by atoms with van der Waals surface area (Å²) >= 11 is 0. The summed E-state index contributed by atoms with van der Waals surface area (Å²) in [5, 5.41) is 0. The third-order valence-electron chi connectivity index (χ3n) is 3.16. The van der Waals surface area contributed by atoms with Crippen LogP contribution >= 0.6 is 0 Å². The van der Waals surface area contributed by atoms with Crippen molar-refractivity contribution >= 4 is 17.9 Å². The topological polar surface area (TPSA) is 88.1 Å². The van der Waals surface area contributed by atoms with Gasteiger partial charge in [0.2, 0.25) is 0 Å². The first-order valence-corrected chi connectivity index (χ1v) is 7.72. The molecule has 7 heteroatoms. The molecular weight excluding hydrogens is 304 g/mol. The summed E-state index contributed by atoms with van der Waals surface area (Å²) < 4.78 is 20.8. The summed E-state index contributed by atoms with van der Waals surface area (Å²) in [4.78, 5) is 33.4. The van der Waals surface area contributed by atoms with E-state index in [4.69, 9.17) is 18.9 Å². The van der Waals surface area contributed by atoms with E-state index in [1.54, 1.807) is 19.1 Å². The fraction of sp³-hybridized carbons (Fsp3) is 0.688. The number of hydrogen-bond acceptors (Lipinski definition) is 7. The minimum absolute atomic E-state index is 0.00595. The van der Waals surface area contributed by atoms with Crippen molar-refractivity contribution in [2.24, 2.45) is 0 Å². The van der Waals surface area contributed by atoms with E-state index in [0.29, 0.717) is 25.9 Å². The van der Waals surface area contributed by atoms with Crippen LogP contribution in [0, 0.1) is 0 Å². The Morgan fingerprint density at radius 3 is 2.43 bits per heavy atom. The molecule has 130 valence electrons. The van der Waals surface area contributed by atoms with Crippen molar-refractivity contribution in [3.05, 3.63) is 12.2 Å². The molecule has 23 heavy (non-hydrogen) atoms. The molecule has 0 aromatic heterocycles. The zero-order valence-corrected chi connectivity index (χ0v) is 13.8. The van der Waals surface area contributed by atoms with E-state index >= 15 is 0 Å². The highest BCUT2D eigenvalue weighted by Crippen LogP contribution is 2.20. The maximum atomic E-state index is 11.3. The van der Waals surface area contributed by atoms with Gasteiger partial charge in [-0.15, -0.1) is 0 Å². The van der Waals surface area contributed by atoms with Gasteiger partial charge in [0.1, 0.15) is 18.8 Å². The van der Waals surface area contributed by atoms with Crippen LogP contribution in [-0.2, 0) is 33.3 Å². The predicted molar refractivity (Wildman–Crippen MR) is 80.5 cm³/mol. The molecule has 0 fully saturated rings. The second-order valence-corrected chi connectivity index (χ2v) is 5.17. The molecule has 0 bridgehead atoms. The second kappa shape index (κ2) is 9.99. The van der Waals surface area contributed by atoms with Crippen LogP contribution in [0.5, 0.6) is 0 Å². The van der Waals surface area contributed by atoms with Gasteiger partial charge in [0.15, 0.2) is 0 Å². The highest BCUT2D eigenvalue weighted by atomic mass is 16.6. The molecular formula is C16H24O7. The molecule has 1 aliphatic heterocycles. The average molecular weight is 328 g/mol. The van der Waals surface area contributed by atoms with Crippen molar-refractivity contribution in [2.45, 2.75) is 58.3 Å². The molecule has 0 aromatic rings. The van der Waals surface area contributed by atoms with Crippen molar-refractivity contribution in [1.29, 1.82) is 0 Å². The van der Waals surface area contributed by atoms with Crippen LogP contribution in [0.1, 0.15) is 40.0 Å².